The van der Waals surface area contributed by atoms with Gasteiger partial charge in [-0.1, -0.05) is 31.2 Å². The fraction of sp³-hybridized carbons (Fsp3) is 0.417. The number of amides is 1. The Labute approximate surface area is 92.9 Å². The highest BCUT2D eigenvalue weighted by Gasteiger charge is 2.41. The van der Waals surface area contributed by atoms with Gasteiger partial charge in [-0.15, -0.1) is 0 Å². The summed E-state index contributed by atoms with van der Waals surface area (Å²) < 4.78 is 26.5. The van der Waals surface area contributed by atoms with Crippen molar-refractivity contribution in [2.24, 2.45) is 0 Å². The molecule has 0 saturated carbocycles. The smallest absolute Gasteiger partial charge is 0.324 e. The monoisotopic (exact) mass is 225 g/mol. The van der Waals surface area contributed by atoms with Crippen molar-refractivity contribution in [2.45, 2.75) is 32.4 Å². The van der Waals surface area contributed by atoms with E-state index in [0.29, 0.717) is 13.1 Å². The van der Waals surface area contributed by atoms with Crippen molar-refractivity contribution in [2.75, 3.05) is 0 Å². The first-order valence-corrected chi connectivity index (χ1v) is 5.28. The Morgan fingerprint density at radius 1 is 1.31 bits per heavy atom. The molecule has 0 N–H and O–H groups in total. The topological polar surface area (TPSA) is 20.3 Å². The standard InChI is InChI=1S/C12H13F2NO/c1-2-12(13,14)11(16)15-7-9-5-3-4-6-10(9)8-15/h3-6H,2,7-8H2,1H3. The second-order valence-corrected chi connectivity index (χ2v) is 3.99. The first-order chi connectivity index (χ1) is 7.54. The van der Waals surface area contributed by atoms with Gasteiger partial charge in [0.15, 0.2) is 0 Å². The summed E-state index contributed by atoms with van der Waals surface area (Å²) in [5.74, 6) is -4.30. The Hall–Kier alpha value is -1.45. The lowest BCUT2D eigenvalue weighted by atomic mass is 10.1. The molecule has 4 heteroatoms. The Bertz CT molecular complexity index is 392. The van der Waals surface area contributed by atoms with Gasteiger partial charge in [0.2, 0.25) is 0 Å². The first-order valence-electron chi connectivity index (χ1n) is 5.28. The largest absolute Gasteiger partial charge is 0.329 e. The highest BCUT2D eigenvalue weighted by molar-refractivity contribution is 5.84. The fourth-order valence-corrected chi connectivity index (χ4v) is 1.86. The molecule has 1 aromatic carbocycles. The van der Waals surface area contributed by atoms with Gasteiger partial charge >= 0.3 is 5.92 Å². The van der Waals surface area contributed by atoms with Crippen LogP contribution in [-0.4, -0.2) is 16.7 Å². The van der Waals surface area contributed by atoms with Crippen molar-refractivity contribution < 1.29 is 13.6 Å². The van der Waals surface area contributed by atoms with Crippen LogP contribution in [0.2, 0.25) is 0 Å². The molecule has 0 radical (unpaired) electrons. The van der Waals surface area contributed by atoms with Crippen molar-refractivity contribution >= 4 is 5.91 Å². The third kappa shape index (κ3) is 1.79. The molecular weight excluding hydrogens is 212 g/mol. The van der Waals surface area contributed by atoms with Crippen LogP contribution in [0.5, 0.6) is 0 Å². The third-order valence-corrected chi connectivity index (χ3v) is 2.88. The van der Waals surface area contributed by atoms with Crippen molar-refractivity contribution in [3.8, 4) is 0 Å². The number of benzene rings is 1. The minimum Gasteiger partial charge on any atom is -0.329 e. The van der Waals surface area contributed by atoms with E-state index in [-0.39, 0.29) is 0 Å². The molecule has 0 saturated heterocycles. The van der Waals surface area contributed by atoms with Gasteiger partial charge in [-0.2, -0.15) is 8.78 Å². The highest BCUT2D eigenvalue weighted by Crippen LogP contribution is 2.28. The molecule has 16 heavy (non-hydrogen) atoms. The Morgan fingerprint density at radius 2 is 1.81 bits per heavy atom. The first kappa shape index (κ1) is 11.0. The highest BCUT2D eigenvalue weighted by atomic mass is 19.3. The zero-order valence-electron chi connectivity index (χ0n) is 9.04. The molecule has 2 rings (SSSR count). The fourth-order valence-electron chi connectivity index (χ4n) is 1.86. The zero-order chi connectivity index (χ0) is 11.8. The number of alkyl halides is 2. The van der Waals surface area contributed by atoms with Gasteiger partial charge in [-0.05, 0) is 11.1 Å². The summed E-state index contributed by atoms with van der Waals surface area (Å²) in [4.78, 5) is 12.8. The Balaban J connectivity index is 2.15. The average molecular weight is 225 g/mol. The molecule has 1 aliphatic rings. The maximum atomic E-state index is 13.2. The lowest BCUT2D eigenvalue weighted by Gasteiger charge is -2.21. The molecule has 0 fully saturated rings. The summed E-state index contributed by atoms with van der Waals surface area (Å²) in [7, 11) is 0. The third-order valence-electron chi connectivity index (χ3n) is 2.88. The number of rotatable bonds is 2. The molecule has 0 bridgehead atoms. The van der Waals surface area contributed by atoms with E-state index in [9.17, 15) is 13.6 Å². The maximum absolute atomic E-state index is 13.2. The van der Waals surface area contributed by atoms with E-state index in [2.05, 4.69) is 0 Å². The quantitative estimate of drug-likeness (QED) is 0.757. The van der Waals surface area contributed by atoms with Crippen LogP contribution >= 0.6 is 0 Å². The number of carbonyl (C=O) groups excluding carboxylic acids is 1. The molecule has 0 aliphatic carbocycles. The summed E-state index contributed by atoms with van der Waals surface area (Å²) in [6.07, 6.45) is -0.446. The van der Waals surface area contributed by atoms with Crippen LogP contribution in [0.15, 0.2) is 24.3 Å². The molecule has 2 nitrogen and oxygen atoms in total. The molecular formula is C12H13F2NO. The number of halogens is 2. The van der Waals surface area contributed by atoms with Gasteiger partial charge < -0.3 is 4.90 Å². The number of carbonyl (C=O) groups is 1. The van der Waals surface area contributed by atoms with Crippen molar-refractivity contribution in [1.29, 1.82) is 0 Å². The van der Waals surface area contributed by atoms with E-state index in [0.717, 1.165) is 11.1 Å². The summed E-state index contributed by atoms with van der Waals surface area (Å²) >= 11 is 0. The predicted molar refractivity (Wildman–Crippen MR) is 55.9 cm³/mol. The summed E-state index contributed by atoms with van der Waals surface area (Å²) in [5, 5.41) is 0. The molecule has 0 spiro atoms. The van der Waals surface area contributed by atoms with Crippen LogP contribution in [0.3, 0.4) is 0 Å². The molecule has 1 aliphatic heterocycles. The second kappa shape index (κ2) is 3.85. The molecule has 0 unspecified atom stereocenters. The van der Waals surface area contributed by atoms with E-state index >= 15 is 0 Å². The number of hydrogen-bond acceptors (Lipinski definition) is 1. The molecule has 86 valence electrons. The van der Waals surface area contributed by atoms with Crippen LogP contribution in [0, 0.1) is 0 Å². The minimum absolute atomic E-state index is 0.296. The summed E-state index contributed by atoms with van der Waals surface area (Å²) in [6.45, 7) is 1.91. The summed E-state index contributed by atoms with van der Waals surface area (Å²) in [5.41, 5.74) is 1.92. The Kier molecular flexibility index (Phi) is 2.66. The molecule has 1 aromatic rings. The van der Waals surface area contributed by atoms with E-state index in [1.165, 1.54) is 11.8 Å². The zero-order valence-corrected chi connectivity index (χ0v) is 9.04. The lowest BCUT2D eigenvalue weighted by Crippen LogP contribution is -2.40. The van der Waals surface area contributed by atoms with E-state index in [1.807, 2.05) is 24.3 Å². The second-order valence-electron chi connectivity index (χ2n) is 3.99. The normalized spacial score (nSPS) is 15.1. The predicted octanol–water partition coefficient (Wildman–Crippen LogP) is 2.57. The van der Waals surface area contributed by atoms with Gasteiger partial charge in [0.25, 0.3) is 5.91 Å². The van der Waals surface area contributed by atoms with Gasteiger partial charge in [0.1, 0.15) is 0 Å². The average Bonchev–Trinajstić information content (AvgIpc) is 2.71. The Morgan fingerprint density at radius 3 is 2.25 bits per heavy atom. The van der Waals surface area contributed by atoms with Crippen molar-refractivity contribution in [3.63, 3.8) is 0 Å². The molecule has 1 heterocycles. The summed E-state index contributed by atoms with van der Waals surface area (Å²) in [6, 6.07) is 7.44. The SMILES string of the molecule is CCC(F)(F)C(=O)N1Cc2ccccc2C1. The lowest BCUT2D eigenvalue weighted by molar-refractivity contribution is -0.158. The van der Waals surface area contributed by atoms with Crippen LogP contribution in [0.25, 0.3) is 0 Å². The van der Waals surface area contributed by atoms with Crippen molar-refractivity contribution in [1.82, 2.24) is 4.90 Å². The van der Waals surface area contributed by atoms with Gasteiger partial charge in [-0.3, -0.25) is 4.79 Å². The molecule has 1 amide bonds. The number of hydrogen-bond donors (Lipinski definition) is 0. The van der Waals surface area contributed by atoms with Gasteiger partial charge in [-0.25, -0.2) is 0 Å². The maximum Gasteiger partial charge on any atom is 0.324 e. The van der Waals surface area contributed by atoms with E-state index in [4.69, 9.17) is 0 Å². The van der Waals surface area contributed by atoms with E-state index < -0.39 is 18.3 Å². The van der Waals surface area contributed by atoms with Crippen LogP contribution in [-0.2, 0) is 17.9 Å². The van der Waals surface area contributed by atoms with E-state index in [1.54, 1.807) is 0 Å². The van der Waals surface area contributed by atoms with Gasteiger partial charge in [0.05, 0.1) is 0 Å². The van der Waals surface area contributed by atoms with Crippen molar-refractivity contribution in [3.05, 3.63) is 35.4 Å². The number of nitrogens with zero attached hydrogens (tertiary/aromatic N) is 1. The van der Waals surface area contributed by atoms with Gasteiger partial charge in [0, 0.05) is 19.5 Å². The molecule has 0 atom stereocenters. The minimum atomic E-state index is -3.23. The number of fused-ring (bicyclic) bond motifs is 1. The van der Waals surface area contributed by atoms with Crippen LogP contribution in [0.1, 0.15) is 24.5 Å². The van der Waals surface area contributed by atoms with Crippen LogP contribution in [0.4, 0.5) is 8.78 Å². The van der Waals surface area contributed by atoms with Crippen LogP contribution < -0.4 is 0 Å². The molecule has 0 aromatic heterocycles.